The largest absolute Gasteiger partial charge is 0.345 e. The van der Waals surface area contributed by atoms with Gasteiger partial charge in [0.25, 0.3) is 5.91 Å². The minimum atomic E-state index is -0.215. The minimum Gasteiger partial charge on any atom is -0.345 e. The van der Waals surface area contributed by atoms with Gasteiger partial charge in [-0.05, 0) is 24.0 Å². The number of H-pyrrole nitrogens is 1. The summed E-state index contributed by atoms with van der Waals surface area (Å²) in [4.78, 5) is 25.9. The Morgan fingerprint density at radius 3 is 2.43 bits per heavy atom. The molecule has 21 heavy (non-hydrogen) atoms. The first-order valence-corrected chi connectivity index (χ1v) is 7.11. The van der Waals surface area contributed by atoms with Gasteiger partial charge in [-0.2, -0.15) is 0 Å². The monoisotopic (exact) mass is 284 g/mol. The molecule has 0 radical (unpaired) electrons. The highest BCUT2D eigenvalue weighted by Crippen LogP contribution is 2.21. The van der Waals surface area contributed by atoms with Crippen molar-refractivity contribution in [3.63, 3.8) is 0 Å². The summed E-state index contributed by atoms with van der Waals surface area (Å²) in [5.74, 6) is 0.284. The topological polar surface area (TPSA) is 62.0 Å². The quantitative estimate of drug-likeness (QED) is 0.886. The third-order valence-corrected chi connectivity index (χ3v) is 3.26. The summed E-state index contributed by atoms with van der Waals surface area (Å²) in [7, 11) is 0. The van der Waals surface area contributed by atoms with Crippen LogP contribution in [0.1, 0.15) is 42.2 Å². The third kappa shape index (κ3) is 4.31. The molecule has 0 aliphatic rings. The van der Waals surface area contributed by atoms with E-state index in [0.717, 1.165) is 12.0 Å². The Hall–Kier alpha value is -2.36. The number of aromatic amines is 1. The van der Waals surface area contributed by atoms with Gasteiger partial charge in [0.15, 0.2) is 0 Å². The van der Waals surface area contributed by atoms with Gasteiger partial charge in [-0.25, -0.2) is 0 Å². The van der Waals surface area contributed by atoms with E-state index >= 15 is 0 Å². The predicted octanol–water partition coefficient (Wildman–Crippen LogP) is 2.89. The van der Waals surface area contributed by atoms with Gasteiger partial charge in [-0.3, -0.25) is 9.59 Å². The van der Waals surface area contributed by atoms with Crippen molar-refractivity contribution in [2.45, 2.75) is 26.3 Å². The number of carbonyl (C=O) groups is 1. The van der Waals surface area contributed by atoms with Crippen LogP contribution in [0.5, 0.6) is 0 Å². The van der Waals surface area contributed by atoms with Crippen molar-refractivity contribution >= 4 is 5.91 Å². The lowest BCUT2D eigenvalue weighted by Gasteiger charge is -2.21. The zero-order valence-electron chi connectivity index (χ0n) is 12.3. The maximum Gasteiger partial charge on any atom is 0.253 e. The maximum absolute atomic E-state index is 12.3. The van der Waals surface area contributed by atoms with Crippen LogP contribution < -0.4 is 10.9 Å². The highest BCUT2D eigenvalue weighted by atomic mass is 16.2. The van der Waals surface area contributed by atoms with Crippen molar-refractivity contribution in [3.8, 4) is 0 Å². The molecule has 2 aromatic rings. The van der Waals surface area contributed by atoms with E-state index in [1.54, 1.807) is 0 Å². The Morgan fingerprint density at radius 1 is 1.14 bits per heavy atom. The summed E-state index contributed by atoms with van der Waals surface area (Å²) in [6, 6.07) is 12.8. The van der Waals surface area contributed by atoms with Gasteiger partial charge in [0, 0.05) is 12.3 Å². The standard InChI is InChI=1S/C17H20N2O2/c1-12(2)10-15(13-6-4-3-5-7-13)19-17(21)14-8-9-16(20)18-11-14/h3-9,11-12,15H,10H2,1-2H3,(H,18,20)(H,19,21). The van der Waals surface area contributed by atoms with Crippen molar-refractivity contribution < 1.29 is 4.79 Å². The Balaban J connectivity index is 2.17. The number of amides is 1. The number of carbonyl (C=O) groups excluding carboxylic acids is 1. The van der Waals surface area contributed by atoms with Crippen molar-refractivity contribution in [1.29, 1.82) is 0 Å². The first-order chi connectivity index (χ1) is 10.1. The fraction of sp³-hybridized carbons (Fsp3) is 0.294. The predicted molar refractivity (Wildman–Crippen MR) is 83.2 cm³/mol. The fourth-order valence-corrected chi connectivity index (χ4v) is 2.23. The van der Waals surface area contributed by atoms with Gasteiger partial charge in [0.05, 0.1) is 11.6 Å². The van der Waals surface area contributed by atoms with Crippen molar-refractivity contribution in [2.24, 2.45) is 5.92 Å². The number of pyridine rings is 1. The first kappa shape index (κ1) is 15.0. The van der Waals surface area contributed by atoms with Gasteiger partial charge in [-0.1, -0.05) is 44.2 Å². The lowest BCUT2D eigenvalue weighted by molar-refractivity contribution is 0.0931. The minimum absolute atomic E-state index is 0.0365. The average Bonchev–Trinajstić information content (AvgIpc) is 2.47. The molecular weight excluding hydrogens is 264 g/mol. The summed E-state index contributed by atoms with van der Waals surface area (Å²) < 4.78 is 0. The van der Waals surface area contributed by atoms with E-state index in [0.29, 0.717) is 11.5 Å². The molecule has 4 nitrogen and oxygen atoms in total. The van der Waals surface area contributed by atoms with E-state index in [2.05, 4.69) is 24.1 Å². The van der Waals surface area contributed by atoms with E-state index in [4.69, 9.17) is 0 Å². The molecule has 110 valence electrons. The molecule has 0 bridgehead atoms. The average molecular weight is 284 g/mol. The van der Waals surface area contributed by atoms with Gasteiger partial charge < -0.3 is 10.3 Å². The van der Waals surface area contributed by atoms with Crippen LogP contribution in [0.4, 0.5) is 0 Å². The molecule has 1 aromatic carbocycles. The van der Waals surface area contributed by atoms with E-state index in [-0.39, 0.29) is 17.5 Å². The molecule has 0 aliphatic heterocycles. The molecule has 0 spiro atoms. The maximum atomic E-state index is 12.3. The Kier molecular flexibility index (Phi) is 4.93. The normalized spacial score (nSPS) is 12.1. The number of hydrogen-bond donors (Lipinski definition) is 2. The van der Waals surface area contributed by atoms with Gasteiger partial charge in [-0.15, -0.1) is 0 Å². The molecule has 1 amide bonds. The smallest absolute Gasteiger partial charge is 0.253 e. The Labute approximate surface area is 124 Å². The second-order valence-electron chi connectivity index (χ2n) is 5.51. The number of nitrogens with one attached hydrogen (secondary N) is 2. The molecule has 0 saturated carbocycles. The number of benzene rings is 1. The number of aromatic nitrogens is 1. The Bertz CT molecular complexity index is 627. The summed E-state index contributed by atoms with van der Waals surface area (Å²) in [6.45, 7) is 4.25. The number of rotatable bonds is 5. The summed E-state index contributed by atoms with van der Waals surface area (Å²) in [6.07, 6.45) is 2.30. The molecule has 1 atom stereocenters. The molecule has 2 N–H and O–H groups in total. The highest BCUT2D eigenvalue weighted by Gasteiger charge is 2.17. The molecule has 0 fully saturated rings. The van der Waals surface area contributed by atoms with Crippen LogP contribution in [-0.2, 0) is 0 Å². The summed E-state index contributed by atoms with van der Waals surface area (Å²) in [5, 5.41) is 3.04. The molecular formula is C17H20N2O2. The lowest BCUT2D eigenvalue weighted by Crippen LogP contribution is -2.30. The van der Waals surface area contributed by atoms with E-state index in [9.17, 15) is 9.59 Å². The van der Waals surface area contributed by atoms with Crippen LogP contribution in [-0.4, -0.2) is 10.9 Å². The van der Waals surface area contributed by atoms with Crippen LogP contribution in [0.25, 0.3) is 0 Å². The molecule has 1 aromatic heterocycles. The molecule has 0 aliphatic carbocycles. The van der Waals surface area contributed by atoms with Crippen LogP contribution in [0, 0.1) is 5.92 Å². The first-order valence-electron chi connectivity index (χ1n) is 7.11. The summed E-state index contributed by atoms with van der Waals surface area (Å²) >= 11 is 0. The number of hydrogen-bond acceptors (Lipinski definition) is 2. The molecule has 2 rings (SSSR count). The van der Waals surface area contributed by atoms with Gasteiger partial charge in [0.2, 0.25) is 5.56 Å². The molecule has 1 heterocycles. The van der Waals surface area contributed by atoms with E-state index in [1.807, 2.05) is 30.3 Å². The van der Waals surface area contributed by atoms with Crippen LogP contribution in [0.15, 0.2) is 53.5 Å². The highest BCUT2D eigenvalue weighted by molar-refractivity contribution is 5.94. The fourth-order valence-electron chi connectivity index (χ4n) is 2.23. The zero-order chi connectivity index (χ0) is 15.2. The van der Waals surface area contributed by atoms with Crippen molar-refractivity contribution in [2.75, 3.05) is 0 Å². The zero-order valence-corrected chi connectivity index (χ0v) is 12.3. The van der Waals surface area contributed by atoms with Gasteiger partial charge in [0.1, 0.15) is 0 Å². The second-order valence-corrected chi connectivity index (χ2v) is 5.51. The molecule has 1 unspecified atom stereocenters. The lowest BCUT2D eigenvalue weighted by atomic mass is 9.97. The van der Waals surface area contributed by atoms with Crippen LogP contribution in [0.2, 0.25) is 0 Å². The van der Waals surface area contributed by atoms with E-state index in [1.165, 1.54) is 18.3 Å². The SMILES string of the molecule is CC(C)CC(NC(=O)c1ccc(=O)[nH]c1)c1ccccc1. The third-order valence-electron chi connectivity index (χ3n) is 3.26. The summed E-state index contributed by atoms with van der Waals surface area (Å²) in [5.41, 5.74) is 1.33. The second kappa shape index (κ2) is 6.88. The van der Waals surface area contributed by atoms with Crippen molar-refractivity contribution in [1.82, 2.24) is 10.3 Å². The van der Waals surface area contributed by atoms with E-state index < -0.39 is 0 Å². The Morgan fingerprint density at radius 2 is 1.86 bits per heavy atom. The van der Waals surface area contributed by atoms with Crippen LogP contribution >= 0.6 is 0 Å². The van der Waals surface area contributed by atoms with Crippen LogP contribution in [0.3, 0.4) is 0 Å². The molecule has 0 saturated heterocycles. The van der Waals surface area contributed by atoms with Gasteiger partial charge >= 0.3 is 0 Å². The van der Waals surface area contributed by atoms with Crippen molar-refractivity contribution in [3.05, 3.63) is 70.1 Å². The molecule has 4 heteroatoms.